The van der Waals surface area contributed by atoms with Crippen molar-refractivity contribution < 1.29 is 4.79 Å². The number of likely N-dealkylation sites (tertiary alicyclic amines) is 1. The van der Waals surface area contributed by atoms with Crippen LogP contribution in [-0.4, -0.2) is 55.5 Å². The van der Waals surface area contributed by atoms with E-state index in [0.29, 0.717) is 19.0 Å². The van der Waals surface area contributed by atoms with E-state index in [-0.39, 0.29) is 18.3 Å². The number of rotatable bonds is 7. The molecule has 1 aromatic carbocycles. The van der Waals surface area contributed by atoms with Gasteiger partial charge in [0.25, 0.3) is 0 Å². The summed E-state index contributed by atoms with van der Waals surface area (Å²) in [5.74, 6) is 0.923. The molecule has 0 aliphatic carbocycles. The van der Waals surface area contributed by atoms with Crippen LogP contribution in [0.3, 0.4) is 0 Å². The van der Waals surface area contributed by atoms with Gasteiger partial charge in [0.05, 0.1) is 6.54 Å². The number of hydrogen-bond donors (Lipinski definition) is 1. The molecule has 1 fully saturated rings. The summed E-state index contributed by atoms with van der Waals surface area (Å²) >= 11 is 0. The number of amides is 1. The third-order valence-corrected chi connectivity index (χ3v) is 4.41. The number of benzene rings is 1. The Morgan fingerprint density at radius 2 is 2.09 bits per heavy atom. The van der Waals surface area contributed by atoms with E-state index >= 15 is 0 Å². The molecule has 130 valence electrons. The van der Waals surface area contributed by atoms with Gasteiger partial charge in [-0.15, -0.1) is 12.4 Å². The molecule has 0 aromatic heterocycles. The highest BCUT2D eigenvalue weighted by Crippen LogP contribution is 2.16. The van der Waals surface area contributed by atoms with Crippen LogP contribution in [0.4, 0.5) is 0 Å². The van der Waals surface area contributed by atoms with Gasteiger partial charge in [-0.3, -0.25) is 9.69 Å². The molecule has 5 heteroatoms. The predicted octanol–water partition coefficient (Wildman–Crippen LogP) is 2.39. The van der Waals surface area contributed by atoms with Gasteiger partial charge in [0.2, 0.25) is 5.91 Å². The fraction of sp³-hybridized carbons (Fsp3) is 0.611. The molecule has 1 N–H and O–H groups in total. The van der Waals surface area contributed by atoms with Crippen LogP contribution in [0.25, 0.3) is 0 Å². The molecule has 1 amide bonds. The minimum atomic E-state index is 0. The average Bonchev–Trinajstić information content (AvgIpc) is 2.54. The average molecular weight is 340 g/mol. The zero-order valence-electron chi connectivity index (χ0n) is 14.3. The highest BCUT2D eigenvalue weighted by Gasteiger charge is 2.22. The molecule has 4 nitrogen and oxygen atoms in total. The number of carbonyl (C=O) groups is 1. The van der Waals surface area contributed by atoms with Gasteiger partial charge in [-0.2, -0.15) is 0 Å². The first-order chi connectivity index (χ1) is 10.7. The van der Waals surface area contributed by atoms with Gasteiger partial charge in [0, 0.05) is 19.6 Å². The molecular weight excluding hydrogens is 310 g/mol. The molecule has 1 atom stereocenters. The van der Waals surface area contributed by atoms with Crippen molar-refractivity contribution in [1.82, 2.24) is 15.1 Å². The summed E-state index contributed by atoms with van der Waals surface area (Å²) in [5.41, 5.74) is 1.20. The van der Waals surface area contributed by atoms with E-state index in [1.807, 2.05) is 30.1 Å². The number of likely N-dealkylation sites (N-methyl/N-ethyl adjacent to an activating group) is 1. The summed E-state index contributed by atoms with van der Waals surface area (Å²) in [6, 6.07) is 10.2. The van der Waals surface area contributed by atoms with Crippen molar-refractivity contribution in [2.75, 3.05) is 39.8 Å². The maximum Gasteiger partial charge on any atom is 0.237 e. The first kappa shape index (κ1) is 19.9. The lowest BCUT2D eigenvalue weighted by Crippen LogP contribution is -2.45. The summed E-state index contributed by atoms with van der Waals surface area (Å²) in [6.07, 6.45) is 2.47. The Morgan fingerprint density at radius 1 is 1.35 bits per heavy atom. The molecular formula is C18H30ClN3O. The van der Waals surface area contributed by atoms with E-state index < -0.39 is 0 Å². The molecule has 23 heavy (non-hydrogen) atoms. The number of piperidine rings is 1. The number of halogens is 1. The molecule has 0 radical (unpaired) electrons. The summed E-state index contributed by atoms with van der Waals surface area (Å²) in [6.45, 7) is 7.23. The van der Waals surface area contributed by atoms with Crippen LogP contribution in [0.5, 0.6) is 0 Å². The zero-order valence-corrected chi connectivity index (χ0v) is 15.1. The highest BCUT2D eigenvalue weighted by atomic mass is 35.5. The van der Waals surface area contributed by atoms with Crippen LogP contribution >= 0.6 is 12.4 Å². The molecule has 2 rings (SSSR count). The lowest BCUT2D eigenvalue weighted by molar-refractivity contribution is -0.133. The largest absolute Gasteiger partial charge is 0.338 e. The lowest BCUT2D eigenvalue weighted by Gasteiger charge is -2.33. The first-order valence-corrected chi connectivity index (χ1v) is 8.41. The molecule has 0 saturated carbocycles. The Balaban J connectivity index is 0.00000264. The van der Waals surface area contributed by atoms with E-state index in [1.165, 1.54) is 18.4 Å². The highest BCUT2D eigenvalue weighted by molar-refractivity contribution is 5.85. The van der Waals surface area contributed by atoms with Crippen LogP contribution in [-0.2, 0) is 11.3 Å². The van der Waals surface area contributed by atoms with E-state index in [2.05, 4.69) is 29.3 Å². The first-order valence-electron chi connectivity index (χ1n) is 8.41. The molecule has 1 heterocycles. The van der Waals surface area contributed by atoms with Crippen LogP contribution in [0.2, 0.25) is 0 Å². The summed E-state index contributed by atoms with van der Waals surface area (Å²) in [5, 5.41) is 3.26. The van der Waals surface area contributed by atoms with Crippen LogP contribution < -0.4 is 5.32 Å². The van der Waals surface area contributed by atoms with Gasteiger partial charge in [0.15, 0.2) is 0 Å². The molecule has 1 aliphatic heterocycles. The molecule has 1 aliphatic rings. The van der Waals surface area contributed by atoms with E-state index in [9.17, 15) is 4.79 Å². The summed E-state index contributed by atoms with van der Waals surface area (Å²) < 4.78 is 0. The Kier molecular flexibility index (Phi) is 9.22. The maximum absolute atomic E-state index is 12.6. The van der Waals surface area contributed by atoms with Crippen molar-refractivity contribution in [2.45, 2.75) is 26.3 Å². The van der Waals surface area contributed by atoms with Gasteiger partial charge < -0.3 is 10.2 Å². The van der Waals surface area contributed by atoms with Crippen molar-refractivity contribution in [1.29, 1.82) is 0 Å². The Labute approximate surface area is 146 Å². The van der Waals surface area contributed by atoms with Crippen molar-refractivity contribution in [2.24, 2.45) is 5.92 Å². The Hall–Kier alpha value is -1.10. The van der Waals surface area contributed by atoms with Gasteiger partial charge in [-0.25, -0.2) is 0 Å². The van der Waals surface area contributed by atoms with Gasteiger partial charge in [-0.05, 0) is 51.4 Å². The molecule has 1 aromatic rings. The number of hydrogen-bond acceptors (Lipinski definition) is 3. The standard InChI is InChI=1S/C18H29N3O.ClH/c1-3-21(14-16-8-5-4-6-9-16)18(22)15-20-11-7-10-17(13-20)12-19-2;/h4-6,8-9,17,19H,3,7,10-15H2,1-2H3;1H. The minimum absolute atomic E-state index is 0. The zero-order chi connectivity index (χ0) is 15.8. The van der Waals surface area contributed by atoms with Gasteiger partial charge in [-0.1, -0.05) is 30.3 Å². The third kappa shape index (κ3) is 6.50. The SMILES string of the molecule is CCN(Cc1ccccc1)C(=O)CN1CCCC(CNC)C1.Cl. The number of nitrogens with zero attached hydrogens (tertiary/aromatic N) is 2. The smallest absolute Gasteiger partial charge is 0.237 e. The van der Waals surface area contributed by atoms with Crippen LogP contribution in [0.1, 0.15) is 25.3 Å². The van der Waals surface area contributed by atoms with Crippen molar-refractivity contribution in [3.05, 3.63) is 35.9 Å². The monoisotopic (exact) mass is 339 g/mol. The predicted molar refractivity (Wildman–Crippen MR) is 97.9 cm³/mol. The van der Waals surface area contributed by atoms with E-state index in [4.69, 9.17) is 0 Å². The van der Waals surface area contributed by atoms with Crippen molar-refractivity contribution in [3.8, 4) is 0 Å². The third-order valence-electron chi connectivity index (χ3n) is 4.41. The number of carbonyl (C=O) groups excluding carboxylic acids is 1. The quantitative estimate of drug-likeness (QED) is 0.828. The minimum Gasteiger partial charge on any atom is -0.338 e. The second kappa shape index (κ2) is 10.6. The maximum atomic E-state index is 12.6. The fourth-order valence-electron chi connectivity index (χ4n) is 3.22. The topological polar surface area (TPSA) is 35.6 Å². The van der Waals surface area contributed by atoms with Gasteiger partial charge in [0.1, 0.15) is 0 Å². The Morgan fingerprint density at radius 3 is 2.74 bits per heavy atom. The Bertz CT molecular complexity index is 453. The molecule has 1 unspecified atom stereocenters. The van der Waals surface area contributed by atoms with Crippen LogP contribution in [0, 0.1) is 5.92 Å². The summed E-state index contributed by atoms with van der Waals surface area (Å²) in [7, 11) is 2.00. The van der Waals surface area contributed by atoms with E-state index in [0.717, 1.165) is 26.2 Å². The normalized spacial score (nSPS) is 18.3. The second-order valence-corrected chi connectivity index (χ2v) is 6.19. The fourth-order valence-corrected chi connectivity index (χ4v) is 3.22. The van der Waals surface area contributed by atoms with Gasteiger partial charge >= 0.3 is 0 Å². The second-order valence-electron chi connectivity index (χ2n) is 6.19. The number of nitrogens with one attached hydrogen (secondary N) is 1. The van der Waals surface area contributed by atoms with Crippen molar-refractivity contribution in [3.63, 3.8) is 0 Å². The molecule has 1 saturated heterocycles. The lowest BCUT2D eigenvalue weighted by atomic mass is 9.98. The molecule has 0 bridgehead atoms. The van der Waals surface area contributed by atoms with Crippen molar-refractivity contribution >= 4 is 18.3 Å². The van der Waals surface area contributed by atoms with Crippen LogP contribution in [0.15, 0.2) is 30.3 Å². The summed E-state index contributed by atoms with van der Waals surface area (Å²) in [4.78, 5) is 16.9. The van der Waals surface area contributed by atoms with E-state index in [1.54, 1.807) is 0 Å². The molecule has 0 spiro atoms.